The summed E-state index contributed by atoms with van der Waals surface area (Å²) >= 11 is 4.96. The molecule has 1 aliphatic rings. The van der Waals surface area contributed by atoms with E-state index in [4.69, 9.17) is 9.47 Å². The number of thiazole rings is 1. The van der Waals surface area contributed by atoms with Gasteiger partial charge in [0.2, 0.25) is 0 Å². The molecule has 0 amide bonds. The van der Waals surface area contributed by atoms with Gasteiger partial charge in [0.05, 0.1) is 29.0 Å². The highest BCUT2D eigenvalue weighted by molar-refractivity contribution is 9.10. The van der Waals surface area contributed by atoms with Crippen LogP contribution in [0.5, 0.6) is 5.75 Å². The lowest BCUT2D eigenvalue weighted by Gasteiger charge is -2.25. The summed E-state index contributed by atoms with van der Waals surface area (Å²) in [5.41, 5.74) is 1.43. The van der Waals surface area contributed by atoms with Crippen molar-refractivity contribution in [3.8, 4) is 5.75 Å². The van der Waals surface area contributed by atoms with E-state index >= 15 is 0 Å². The van der Waals surface area contributed by atoms with E-state index < -0.39 is 0 Å². The molecular weight excluding hydrogens is 404 g/mol. The van der Waals surface area contributed by atoms with Crippen molar-refractivity contribution in [2.75, 3.05) is 31.2 Å². The standard InChI is InChI=1S/C18H15BrN2O3S/c19-13-3-1-12(2-4-13)17(22)24-14-5-6-15-16(11-14)25-18(20-15)21-7-9-23-10-8-21/h1-6,11H,7-10H2. The number of ether oxygens (including phenoxy) is 2. The highest BCUT2D eigenvalue weighted by atomic mass is 79.9. The summed E-state index contributed by atoms with van der Waals surface area (Å²) in [5.74, 6) is 0.155. The van der Waals surface area contributed by atoms with Gasteiger partial charge in [-0.2, -0.15) is 0 Å². The van der Waals surface area contributed by atoms with Gasteiger partial charge in [-0.05, 0) is 36.4 Å². The van der Waals surface area contributed by atoms with Crippen LogP contribution < -0.4 is 9.64 Å². The molecule has 1 saturated heterocycles. The molecule has 25 heavy (non-hydrogen) atoms. The third-order valence-electron chi connectivity index (χ3n) is 3.92. The maximum atomic E-state index is 12.2. The number of benzene rings is 2. The molecule has 2 heterocycles. The molecule has 0 spiro atoms. The van der Waals surface area contributed by atoms with Crippen molar-refractivity contribution >= 4 is 48.6 Å². The monoisotopic (exact) mass is 418 g/mol. The third-order valence-corrected chi connectivity index (χ3v) is 5.53. The van der Waals surface area contributed by atoms with Crippen molar-refractivity contribution in [2.24, 2.45) is 0 Å². The molecule has 3 aromatic rings. The molecule has 0 radical (unpaired) electrons. The van der Waals surface area contributed by atoms with Gasteiger partial charge in [0.15, 0.2) is 5.13 Å². The number of rotatable bonds is 3. The largest absolute Gasteiger partial charge is 0.423 e. The summed E-state index contributed by atoms with van der Waals surface area (Å²) in [6, 6.07) is 12.6. The molecule has 0 atom stereocenters. The minimum absolute atomic E-state index is 0.371. The predicted molar refractivity (Wildman–Crippen MR) is 102 cm³/mol. The predicted octanol–water partition coefficient (Wildman–Crippen LogP) is 4.11. The van der Waals surface area contributed by atoms with Crippen LogP contribution in [0.4, 0.5) is 5.13 Å². The number of esters is 1. The zero-order valence-corrected chi connectivity index (χ0v) is 15.7. The van der Waals surface area contributed by atoms with E-state index in [-0.39, 0.29) is 5.97 Å². The molecular formula is C18H15BrN2O3S. The van der Waals surface area contributed by atoms with Crippen molar-refractivity contribution in [2.45, 2.75) is 0 Å². The summed E-state index contributed by atoms with van der Waals surface area (Å²) in [6.07, 6.45) is 0. The first-order chi connectivity index (χ1) is 12.2. The molecule has 0 N–H and O–H groups in total. The van der Waals surface area contributed by atoms with Crippen LogP contribution in [-0.2, 0) is 4.74 Å². The topological polar surface area (TPSA) is 51.7 Å². The Morgan fingerprint density at radius 2 is 1.92 bits per heavy atom. The third kappa shape index (κ3) is 3.68. The first-order valence-electron chi connectivity index (χ1n) is 7.90. The van der Waals surface area contributed by atoms with E-state index in [1.165, 1.54) is 0 Å². The number of carbonyl (C=O) groups is 1. The Morgan fingerprint density at radius 1 is 1.16 bits per heavy atom. The summed E-state index contributed by atoms with van der Waals surface area (Å²) in [7, 11) is 0. The fourth-order valence-corrected chi connectivity index (χ4v) is 3.91. The summed E-state index contributed by atoms with van der Waals surface area (Å²) in [5, 5.41) is 0.981. The van der Waals surface area contributed by atoms with Gasteiger partial charge in [-0.25, -0.2) is 9.78 Å². The first kappa shape index (κ1) is 16.5. The number of halogens is 1. The number of anilines is 1. The molecule has 5 nitrogen and oxygen atoms in total. The van der Waals surface area contributed by atoms with Crippen LogP contribution in [0, 0.1) is 0 Å². The van der Waals surface area contributed by atoms with Crippen LogP contribution in [0.25, 0.3) is 10.2 Å². The van der Waals surface area contributed by atoms with Crippen molar-refractivity contribution in [1.29, 1.82) is 0 Å². The second-order valence-corrected chi connectivity index (χ2v) is 7.55. The number of morpholine rings is 1. The average Bonchev–Trinajstić information content (AvgIpc) is 3.06. The lowest BCUT2D eigenvalue weighted by Crippen LogP contribution is -2.36. The molecule has 0 unspecified atom stereocenters. The molecule has 4 rings (SSSR count). The van der Waals surface area contributed by atoms with Gasteiger partial charge in [-0.15, -0.1) is 0 Å². The van der Waals surface area contributed by atoms with Crippen LogP contribution in [0.2, 0.25) is 0 Å². The zero-order chi connectivity index (χ0) is 17.2. The van der Waals surface area contributed by atoms with Gasteiger partial charge < -0.3 is 14.4 Å². The van der Waals surface area contributed by atoms with E-state index in [1.54, 1.807) is 29.5 Å². The molecule has 0 bridgehead atoms. The molecule has 2 aromatic carbocycles. The van der Waals surface area contributed by atoms with Crippen LogP contribution >= 0.6 is 27.3 Å². The molecule has 1 aliphatic heterocycles. The fourth-order valence-electron chi connectivity index (χ4n) is 2.60. The van der Waals surface area contributed by atoms with Crippen LogP contribution in [-0.4, -0.2) is 37.3 Å². The summed E-state index contributed by atoms with van der Waals surface area (Å²) < 4.78 is 12.8. The number of nitrogens with zero attached hydrogens (tertiary/aromatic N) is 2. The van der Waals surface area contributed by atoms with Crippen LogP contribution in [0.3, 0.4) is 0 Å². The number of hydrogen-bond donors (Lipinski definition) is 0. The lowest BCUT2D eigenvalue weighted by atomic mass is 10.2. The summed E-state index contributed by atoms with van der Waals surface area (Å²) in [4.78, 5) is 19.1. The van der Waals surface area contributed by atoms with E-state index in [9.17, 15) is 4.79 Å². The number of carbonyl (C=O) groups excluding carboxylic acids is 1. The Morgan fingerprint density at radius 3 is 2.68 bits per heavy atom. The van der Waals surface area contributed by atoms with E-state index in [0.717, 1.165) is 46.1 Å². The second-order valence-electron chi connectivity index (χ2n) is 5.62. The molecule has 7 heteroatoms. The van der Waals surface area contributed by atoms with Crippen molar-refractivity contribution < 1.29 is 14.3 Å². The van der Waals surface area contributed by atoms with Crippen molar-refractivity contribution in [3.05, 3.63) is 52.5 Å². The number of fused-ring (bicyclic) bond motifs is 1. The highest BCUT2D eigenvalue weighted by Gasteiger charge is 2.16. The maximum absolute atomic E-state index is 12.2. The molecule has 0 aliphatic carbocycles. The molecule has 128 valence electrons. The average molecular weight is 419 g/mol. The van der Waals surface area contributed by atoms with Gasteiger partial charge >= 0.3 is 5.97 Å². The fraction of sp³-hybridized carbons (Fsp3) is 0.222. The Kier molecular flexibility index (Phi) is 4.70. The Balaban J connectivity index is 1.54. The maximum Gasteiger partial charge on any atom is 0.343 e. The Labute approximate surface area is 157 Å². The smallest absolute Gasteiger partial charge is 0.343 e. The molecule has 1 fully saturated rings. The van der Waals surface area contributed by atoms with Gasteiger partial charge in [-0.3, -0.25) is 0 Å². The van der Waals surface area contributed by atoms with Gasteiger partial charge in [0.1, 0.15) is 5.75 Å². The Bertz CT molecular complexity index is 904. The quantitative estimate of drug-likeness (QED) is 0.473. The first-order valence-corrected chi connectivity index (χ1v) is 9.51. The van der Waals surface area contributed by atoms with Crippen LogP contribution in [0.1, 0.15) is 10.4 Å². The minimum Gasteiger partial charge on any atom is -0.423 e. The van der Waals surface area contributed by atoms with Gasteiger partial charge in [0, 0.05) is 23.6 Å². The SMILES string of the molecule is O=C(Oc1ccc2nc(N3CCOCC3)sc2c1)c1ccc(Br)cc1. The number of aromatic nitrogens is 1. The normalized spacial score (nSPS) is 14.7. The van der Waals surface area contributed by atoms with Crippen molar-refractivity contribution in [3.63, 3.8) is 0 Å². The van der Waals surface area contributed by atoms with E-state index in [2.05, 4.69) is 25.8 Å². The van der Waals surface area contributed by atoms with Gasteiger partial charge in [0.25, 0.3) is 0 Å². The Hall–Kier alpha value is -1.96. The highest BCUT2D eigenvalue weighted by Crippen LogP contribution is 2.32. The molecule has 0 saturated carbocycles. The van der Waals surface area contributed by atoms with E-state index in [1.807, 2.05) is 24.3 Å². The van der Waals surface area contributed by atoms with Crippen molar-refractivity contribution in [1.82, 2.24) is 4.98 Å². The van der Waals surface area contributed by atoms with Crippen LogP contribution in [0.15, 0.2) is 46.9 Å². The minimum atomic E-state index is -0.371. The summed E-state index contributed by atoms with van der Waals surface area (Å²) in [6.45, 7) is 3.16. The van der Waals surface area contributed by atoms with Gasteiger partial charge in [-0.1, -0.05) is 27.3 Å². The lowest BCUT2D eigenvalue weighted by molar-refractivity contribution is 0.0735. The molecule has 1 aromatic heterocycles. The number of hydrogen-bond acceptors (Lipinski definition) is 6. The van der Waals surface area contributed by atoms with E-state index in [0.29, 0.717) is 11.3 Å². The zero-order valence-electron chi connectivity index (χ0n) is 13.3. The second kappa shape index (κ2) is 7.11.